The summed E-state index contributed by atoms with van der Waals surface area (Å²) >= 11 is 1.72. The smallest absolute Gasteiger partial charge is 0.254 e. The van der Waals surface area contributed by atoms with Crippen molar-refractivity contribution in [2.75, 3.05) is 5.32 Å². The van der Waals surface area contributed by atoms with Gasteiger partial charge < -0.3 is 5.32 Å². The second-order valence-electron chi connectivity index (χ2n) is 4.80. The van der Waals surface area contributed by atoms with Crippen LogP contribution in [0.5, 0.6) is 0 Å². The predicted molar refractivity (Wildman–Crippen MR) is 79.1 cm³/mol. The molecule has 7 heteroatoms. The van der Waals surface area contributed by atoms with Gasteiger partial charge in [-0.15, -0.1) is 11.3 Å². The first-order chi connectivity index (χ1) is 9.54. The monoisotopic (exact) mass is 288 g/mol. The maximum Gasteiger partial charge on any atom is 0.254 e. The summed E-state index contributed by atoms with van der Waals surface area (Å²) in [4.78, 5) is 14.2. The van der Waals surface area contributed by atoms with Crippen molar-refractivity contribution in [3.8, 4) is 0 Å². The van der Waals surface area contributed by atoms with Crippen LogP contribution in [0, 0.1) is 20.8 Å². The van der Waals surface area contributed by atoms with Crippen molar-refractivity contribution in [1.82, 2.24) is 24.6 Å². The number of anilines is 1. The number of fused-ring (bicyclic) bond motifs is 1. The molecule has 3 aromatic heterocycles. The van der Waals surface area contributed by atoms with Crippen molar-refractivity contribution in [3.63, 3.8) is 0 Å². The molecule has 0 bridgehead atoms. The molecule has 0 aliphatic carbocycles. The molecule has 3 rings (SSSR count). The topological polar surface area (TPSA) is 68.0 Å². The zero-order chi connectivity index (χ0) is 14.3. The molecule has 0 radical (unpaired) electrons. The number of hydrogen-bond acceptors (Lipinski definition) is 6. The van der Waals surface area contributed by atoms with Gasteiger partial charge in [0.15, 0.2) is 0 Å². The van der Waals surface area contributed by atoms with Gasteiger partial charge in [-0.25, -0.2) is 9.97 Å². The SMILES string of the molecule is Cc1cc(NC(C)c2sc(C)nc2C)n2ncnc2n1. The Morgan fingerprint density at radius 2 is 2.05 bits per heavy atom. The van der Waals surface area contributed by atoms with Crippen LogP contribution >= 0.6 is 11.3 Å². The van der Waals surface area contributed by atoms with E-state index in [1.807, 2.05) is 26.8 Å². The Labute approximate surface area is 120 Å². The number of aryl methyl sites for hydroxylation is 3. The molecule has 0 saturated heterocycles. The van der Waals surface area contributed by atoms with Gasteiger partial charge in [0, 0.05) is 16.6 Å². The molecule has 0 aromatic carbocycles. The van der Waals surface area contributed by atoms with E-state index in [-0.39, 0.29) is 6.04 Å². The lowest BCUT2D eigenvalue weighted by Crippen LogP contribution is -2.11. The first-order valence-electron chi connectivity index (χ1n) is 6.42. The van der Waals surface area contributed by atoms with E-state index >= 15 is 0 Å². The largest absolute Gasteiger partial charge is 0.362 e. The van der Waals surface area contributed by atoms with E-state index in [0.29, 0.717) is 5.78 Å². The van der Waals surface area contributed by atoms with Gasteiger partial charge in [0.25, 0.3) is 5.78 Å². The molecule has 0 saturated carbocycles. The molecule has 0 spiro atoms. The van der Waals surface area contributed by atoms with Crippen LogP contribution in [0.15, 0.2) is 12.4 Å². The van der Waals surface area contributed by atoms with Crippen LogP contribution in [-0.4, -0.2) is 24.6 Å². The lowest BCUT2D eigenvalue weighted by Gasteiger charge is -2.15. The number of aromatic nitrogens is 5. The molecule has 0 aliphatic heterocycles. The molecule has 0 fully saturated rings. The van der Waals surface area contributed by atoms with Gasteiger partial charge in [-0.05, 0) is 27.7 Å². The zero-order valence-corrected chi connectivity index (χ0v) is 12.7. The summed E-state index contributed by atoms with van der Waals surface area (Å²) in [6.07, 6.45) is 1.51. The molecule has 3 aromatic rings. The van der Waals surface area contributed by atoms with E-state index in [4.69, 9.17) is 0 Å². The molecule has 1 N–H and O–H groups in total. The summed E-state index contributed by atoms with van der Waals surface area (Å²) < 4.78 is 1.72. The summed E-state index contributed by atoms with van der Waals surface area (Å²) in [7, 11) is 0. The fourth-order valence-corrected chi connectivity index (χ4v) is 3.20. The van der Waals surface area contributed by atoms with Gasteiger partial charge >= 0.3 is 0 Å². The minimum atomic E-state index is 0.162. The Morgan fingerprint density at radius 3 is 2.75 bits per heavy atom. The highest BCUT2D eigenvalue weighted by Gasteiger charge is 2.15. The average Bonchev–Trinajstić information content (AvgIpc) is 2.95. The predicted octanol–water partition coefficient (Wildman–Crippen LogP) is 2.68. The number of nitrogens with zero attached hydrogens (tertiary/aromatic N) is 5. The third-order valence-electron chi connectivity index (χ3n) is 3.08. The molecule has 3 heterocycles. The summed E-state index contributed by atoms with van der Waals surface area (Å²) in [6.45, 7) is 8.14. The van der Waals surface area contributed by atoms with Gasteiger partial charge in [-0.3, -0.25) is 0 Å². The fraction of sp³-hybridized carbons (Fsp3) is 0.385. The Kier molecular flexibility index (Phi) is 3.13. The maximum atomic E-state index is 4.48. The molecule has 1 unspecified atom stereocenters. The van der Waals surface area contributed by atoms with Crippen LogP contribution in [0.25, 0.3) is 5.78 Å². The molecule has 0 aliphatic rings. The van der Waals surface area contributed by atoms with Crippen molar-refractivity contribution >= 4 is 22.9 Å². The van der Waals surface area contributed by atoms with E-state index in [1.165, 1.54) is 11.2 Å². The van der Waals surface area contributed by atoms with Crippen LogP contribution in [0.3, 0.4) is 0 Å². The minimum Gasteiger partial charge on any atom is -0.362 e. The Bertz CT molecular complexity index is 759. The summed E-state index contributed by atoms with van der Waals surface area (Å²) in [5.74, 6) is 1.50. The maximum absolute atomic E-state index is 4.48. The molecular weight excluding hydrogens is 272 g/mol. The lowest BCUT2D eigenvalue weighted by atomic mass is 10.2. The van der Waals surface area contributed by atoms with E-state index in [9.17, 15) is 0 Å². The van der Waals surface area contributed by atoms with Crippen LogP contribution in [0.2, 0.25) is 0 Å². The van der Waals surface area contributed by atoms with Crippen molar-refractivity contribution in [1.29, 1.82) is 0 Å². The third kappa shape index (κ3) is 2.24. The van der Waals surface area contributed by atoms with Gasteiger partial charge in [0.1, 0.15) is 12.1 Å². The molecule has 0 amide bonds. The van der Waals surface area contributed by atoms with Crippen molar-refractivity contribution in [2.45, 2.75) is 33.7 Å². The molecule has 1 atom stereocenters. The van der Waals surface area contributed by atoms with Gasteiger partial charge in [-0.1, -0.05) is 0 Å². The zero-order valence-electron chi connectivity index (χ0n) is 11.9. The lowest BCUT2D eigenvalue weighted by molar-refractivity contribution is 0.842. The van der Waals surface area contributed by atoms with Crippen molar-refractivity contribution in [2.24, 2.45) is 0 Å². The van der Waals surface area contributed by atoms with Gasteiger partial charge in [0.05, 0.1) is 16.7 Å². The van der Waals surface area contributed by atoms with Crippen LogP contribution in [0.1, 0.15) is 34.2 Å². The van der Waals surface area contributed by atoms with E-state index < -0.39 is 0 Å². The highest BCUT2D eigenvalue weighted by molar-refractivity contribution is 7.11. The number of hydrogen-bond donors (Lipinski definition) is 1. The van der Waals surface area contributed by atoms with Gasteiger partial charge in [0.2, 0.25) is 0 Å². The molecule has 6 nitrogen and oxygen atoms in total. The average molecular weight is 288 g/mol. The van der Waals surface area contributed by atoms with Gasteiger partial charge in [-0.2, -0.15) is 14.6 Å². The second-order valence-corrected chi connectivity index (χ2v) is 6.04. The minimum absolute atomic E-state index is 0.162. The van der Waals surface area contributed by atoms with Crippen molar-refractivity contribution in [3.05, 3.63) is 33.7 Å². The van der Waals surface area contributed by atoms with Crippen molar-refractivity contribution < 1.29 is 0 Å². The first-order valence-corrected chi connectivity index (χ1v) is 7.24. The van der Waals surface area contributed by atoms with E-state index in [2.05, 4.69) is 32.3 Å². The highest BCUT2D eigenvalue weighted by Crippen LogP contribution is 2.27. The Hall–Kier alpha value is -2.02. The quantitative estimate of drug-likeness (QED) is 0.802. The summed E-state index contributed by atoms with van der Waals surface area (Å²) in [6, 6.07) is 2.14. The van der Waals surface area contributed by atoms with Crippen LogP contribution in [-0.2, 0) is 0 Å². The number of thiazole rings is 1. The molecule has 104 valence electrons. The normalized spacial score (nSPS) is 12.8. The number of rotatable bonds is 3. The van der Waals surface area contributed by atoms with Crippen LogP contribution < -0.4 is 5.32 Å². The fourth-order valence-electron chi connectivity index (χ4n) is 2.27. The van der Waals surface area contributed by atoms with E-state index in [0.717, 1.165) is 22.2 Å². The summed E-state index contributed by atoms with van der Waals surface area (Å²) in [5.41, 5.74) is 1.99. The highest BCUT2D eigenvalue weighted by atomic mass is 32.1. The Balaban J connectivity index is 1.96. The Morgan fingerprint density at radius 1 is 1.25 bits per heavy atom. The van der Waals surface area contributed by atoms with Crippen LogP contribution in [0.4, 0.5) is 5.82 Å². The molecular formula is C13H16N6S. The summed E-state index contributed by atoms with van der Waals surface area (Å²) in [5, 5.41) is 8.76. The second kappa shape index (κ2) is 4.82. The third-order valence-corrected chi connectivity index (χ3v) is 4.33. The molecule has 20 heavy (non-hydrogen) atoms. The first kappa shape index (κ1) is 13.0. The standard InChI is InChI=1S/C13H16N6S/c1-7-5-11(19-13(16-7)14-6-15-19)18-9(3)12-8(2)17-10(4)20-12/h5-6,9,18H,1-4H3. The number of nitrogens with one attached hydrogen (secondary N) is 1. The van der Waals surface area contributed by atoms with E-state index in [1.54, 1.807) is 15.9 Å².